The molecule has 0 bridgehead atoms. The number of amides is 1. The maximum atomic E-state index is 12.2. The molecular weight excluding hydrogens is 306 g/mol. The quantitative estimate of drug-likeness (QED) is 0.792. The van der Waals surface area contributed by atoms with Gasteiger partial charge in [-0.15, -0.1) is 0 Å². The van der Waals surface area contributed by atoms with Gasteiger partial charge in [0.25, 0.3) is 5.91 Å². The van der Waals surface area contributed by atoms with Crippen LogP contribution in [0.2, 0.25) is 0 Å². The predicted molar refractivity (Wildman–Crippen MR) is 89.7 cm³/mol. The molecule has 1 amide bonds. The van der Waals surface area contributed by atoms with E-state index in [4.69, 9.17) is 4.74 Å². The van der Waals surface area contributed by atoms with E-state index in [9.17, 15) is 9.59 Å². The topological polar surface area (TPSA) is 71.9 Å². The van der Waals surface area contributed by atoms with E-state index in [0.717, 1.165) is 11.1 Å². The van der Waals surface area contributed by atoms with Crippen molar-refractivity contribution in [3.8, 4) is 0 Å². The van der Waals surface area contributed by atoms with E-state index >= 15 is 0 Å². The number of esters is 1. The molecule has 1 aromatic carbocycles. The summed E-state index contributed by atoms with van der Waals surface area (Å²) in [4.78, 5) is 27.8. The fourth-order valence-electron chi connectivity index (χ4n) is 2.46. The summed E-state index contributed by atoms with van der Waals surface area (Å²) in [6, 6.07) is 10.9. The second kappa shape index (κ2) is 7.04. The molecule has 0 aliphatic carbocycles. The lowest BCUT2D eigenvalue weighted by Gasteiger charge is -2.12. The summed E-state index contributed by atoms with van der Waals surface area (Å²) < 4.78 is 4.92. The number of nitrogens with zero attached hydrogens (tertiary/aromatic N) is 3. The highest BCUT2D eigenvalue weighted by molar-refractivity contribution is 6.19. The van der Waals surface area contributed by atoms with Gasteiger partial charge >= 0.3 is 5.97 Å². The maximum Gasteiger partial charge on any atom is 0.310 e. The number of carbonyl (C=O) groups excluding carboxylic acids is 2. The van der Waals surface area contributed by atoms with Crippen LogP contribution in [0, 0.1) is 0 Å². The van der Waals surface area contributed by atoms with Gasteiger partial charge in [0.05, 0.1) is 30.8 Å². The Morgan fingerprint density at radius 1 is 1.25 bits per heavy atom. The van der Waals surface area contributed by atoms with Crippen LogP contribution in [0.15, 0.2) is 53.9 Å². The molecule has 0 saturated heterocycles. The Morgan fingerprint density at radius 3 is 2.71 bits per heavy atom. The summed E-state index contributed by atoms with van der Waals surface area (Å²) in [5.41, 5.74) is 3.04. The van der Waals surface area contributed by atoms with Gasteiger partial charge in [0.1, 0.15) is 0 Å². The molecular formula is C18H17N3O3. The zero-order valence-corrected chi connectivity index (χ0v) is 13.3. The minimum Gasteiger partial charge on any atom is -0.466 e. The highest BCUT2D eigenvalue weighted by Crippen LogP contribution is 2.23. The molecule has 0 spiro atoms. The first-order valence-corrected chi connectivity index (χ1v) is 7.72. The predicted octanol–water partition coefficient (Wildman–Crippen LogP) is 2.33. The summed E-state index contributed by atoms with van der Waals surface area (Å²) in [6.45, 7) is 2.14. The van der Waals surface area contributed by atoms with E-state index in [1.807, 2.05) is 12.1 Å². The van der Waals surface area contributed by atoms with Crippen LogP contribution in [0.3, 0.4) is 0 Å². The number of hydrogen-bond donors (Lipinski definition) is 0. The van der Waals surface area contributed by atoms with E-state index < -0.39 is 0 Å². The van der Waals surface area contributed by atoms with Gasteiger partial charge in [0.2, 0.25) is 0 Å². The lowest BCUT2D eigenvalue weighted by Crippen LogP contribution is -2.19. The van der Waals surface area contributed by atoms with E-state index in [-0.39, 0.29) is 24.7 Å². The third kappa shape index (κ3) is 3.48. The molecule has 1 aliphatic rings. The molecule has 3 rings (SSSR count). The van der Waals surface area contributed by atoms with Gasteiger partial charge in [-0.3, -0.25) is 14.6 Å². The molecule has 2 aromatic rings. The van der Waals surface area contributed by atoms with Crippen molar-refractivity contribution in [1.82, 2.24) is 4.98 Å². The van der Waals surface area contributed by atoms with Crippen LogP contribution < -0.4 is 5.01 Å². The zero-order chi connectivity index (χ0) is 16.9. The van der Waals surface area contributed by atoms with Crippen molar-refractivity contribution in [3.05, 3.63) is 59.9 Å². The van der Waals surface area contributed by atoms with Crippen LogP contribution in [0.1, 0.15) is 24.5 Å². The van der Waals surface area contributed by atoms with Crippen LogP contribution >= 0.6 is 0 Å². The average molecular weight is 323 g/mol. The SMILES string of the molecule is CCOC(=O)Cc1ccc(N2N=C(c3cccnc3)CC2=O)cc1. The highest BCUT2D eigenvalue weighted by atomic mass is 16.5. The van der Waals surface area contributed by atoms with Crippen LogP contribution in [0.25, 0.3) is 0 Å². The molecule has 1 aliphatic heterocycles. The fourth-order valence-corrected chi connectivity index (χ4v) is 2.46. The number of benzene rings is 1. The van der Waals surface area contributed by atoms with Gasteiger partial charge < -0.3 is 4.74 Å². The smallest absolute Gasteiger partial charge is 0.310 e. The molecule has 0 fully saturated rings. The van der Waals surface area contributed by atoms with Gasteiger partial charge in [-0.05, 0) is 36.8 Å². The average Bonchev–Trinajstić information content (AvgIpc) is 2.98. The standard InChI is InChI=1S/C18H17N3O3/c1-2-24-18(23)10-13-5-7-15(8-6-13)21-17(22)11-16(20-21)14-4-3-9-19-12-14/h3-9,12H,2,10-11H2,1H3. The Hall–Kier alpha value is -3.02. The van der Waals surface area contributed by atoms with E-state index in [1.54, 1.807) is 43.6 Å². The van der Waals surface area contributed by atoms with Crippen LogP contribution in [-0.2, 0) is 20.7 Å². The Balaban J connectivity index is 1.75. The van der Waals surface area contributed by atoms with Gasteiger partial charge in [-0.2, -0.15) is 5.10 Å². The molecule has 6 nitrogen and oxygen atoms in total. The van der Waals surface area contributed by atoms with Gasteiger partial charge in [-0.25, -0.2) is 5.01 Å². The number of rotatable bonds is 5. The van der Waals surface area contributed by atoms with Crippen molar-refractivity contribution in [2.45, 2.75) is 19.8 Å². The summed E-state index contributed by atoms with van der Waals surface area (Å²) in [5.74, 6) is -0.355. The zero-order valence-electron chi connectivity index (χ0n) is 13.3. The first kappa shape index (κ1) is 15.9. The Kier molecular flexibility index (Phi) is 4.65. The molecule has 0 saturated carbocycles. The van der Waals surface area contributed by atoms with Gasteiger partial charge in [0, 0.05) is 18.0 Å². The highest BCUT2D eigenvalue weighted by Gasteiger charge is 2.26. The summed E-state index contributed by atoms with van der Waals surface area (Å²) >= 11 is 0. The van der Waals surface area contributed by atoms with Crippen molar-refractivity contribution in [1.29, 1.82) is 0 Å². The van der Waals surface area contributed by atoms with Crippen molar-refractivity contribution >= 4 is 23.3 Å². The molecule has 0 N–H and O–H groups in total. The molecule has 6 heteroatoms. The molecule has 2 heterocycles. The first-order valence-electron chi connectivity index (χ1n) is 7.72. The van der Waals surface area contributed by atoms with Crippen molar-refractivity contribution in [3.63, 3.8) is 0 Å². The number of pyridine rings is 1. The Morgan fingerprint density at radius 2 is 2.04 bits per heavy atom. The molecule has 1 aromatic heterocycles. The number of anilines is 1. The third-order valence-electron chi connectivity index (χ3n) is 3.61. The Labute approximate surface area is 139 Å². The fraction of sp³-hybridized carbons (Fsp3) is 0.222. The van der Waals surface area contributed by atoms with Gasteiger partial charge in [0.15, 0.2) is 0 Å². The number of ether oxygens (including phenoxy) is 1. The number of aromatic nitrogens is 1. The molecule has 0 unspecified atom stereocenters. The van der Waals surface area contributed by atoms with E-state index in [0.29, 0.717) is 18.0 Å². The van der Waals surface area contributed by atoms with Crippen LogP contribution in [0.4, 0.5) is 5.69 Å². The molecule has 122 valence electrons. The minimum atomic E-state index is -0.264. The largest absolute Gasteiger partial charge is 0.466 e. The molecule has 0 atom stereocenters. The summed E-state index contributed by atoms with van der Waals surface area (Å²) in [7, 11) is 0. The number of hydrazone groups is 1. The number of hydrogen-bond acceptors (Lipinski definition) is 5. The van der Waals surface area contributed by atoms with Crippen molar-refractivity contribution in [2.24, 2.45) is 5.10 Å². The lowest BCUT2D eigenvalue weighted by molar-refractivity contribution is -0.142. The normalized spacial score (nSPS) is 13.8. The maximum absolute atomic E-state index is 12.2. The third-order valence-corrected chi connectivity index (χ3v) is 3.61. The molecule has 0 radical (unpaired) electrons. The van der Waals surface area contributed by atoms with Crippen molar-refractivity contribution in [2.75, 3.05) is 11.6 Å². The molecule has 24 heavy (non-hydrogen) atoms. The second-order valence-corrected chi connectivity index (χ2v) is 5.32. The monoisotopic (exact) mass is 323 g/mol. The lowest BCUT2D eigenvalue weighted by atomic mass is 10.1. The van der Waals surface area contributed by atoms with Gasteiger partial charge in [-0.1, -0.05) is 12.1 Å². The first-order chi connectivity index (χ1) is 11.7. The van der Waals surface area contributed by atoms with Crippen LogP contribution in [-0.4, -0.2) is 29.2 Å². The van der Waals surface area contributed by atoms with Crippen LogP contribution in [0.5, 0.6) is 0 Å². The summed E-state index contributed by atoms with van der Waals surface area (Å²) in [5, 5.41) is 5.78. The number of carbonyl (C=O) groups is 2. The van der Waals surface area contributed by atoms with E-state index in [1.165, 1.54) is 5.01 Å². The minimum absolute atomic E-state index is 0.0907. The second-order valence-electron chi connectivity index (χ2n) is 5.32. The van der Waals surface area contributed by atoms with Crippen molar-refractivity contribution < 1.29 is 14.3 Å². The van der Waals surface area contributed by atoms with E-state index in [2.05, 4.69) is 10.1 Å². The Bertz CT molecular complexity index is 770. The summed E-state index contributed by atoms with van der Waals surface area (Å²) in [6.07, 6.45) is 3.83.